The molecule has 0 amide bonds. The molecule has 0 atom stereocenters. The highest BCUT2D eigenvalue weighted by molar-refractivity contribution is 5.62. The zero-order chi connectivity index (χ0) is 17.4. The molecule has 2 aromatic rings. The zero-order valence-corrected chi connectivity index (χ0v) is 13.1. The van der Waals surface area contributed by atoms with Crippen molar-refractivity contribution in [2.45, 2.75) is 46.4 Å². The second-order valence-corrected chi connectivity index (χ2v) is 6.15. The van der Waals surface area contributed by atoms with E-state index in [0.29, 0.717) is 5.56 Å². The van der Waals surface area contributed by atoms with Gasteiger partial charge in [-0.1, -0.05) is 39.0 Å². The van der Waals surface area contributed by atoms with Crippen molar-refractivity contribution >= 4 is 0 Å². The number of hydrogen-bond donors (Lipinski definition) is 0. The third-order valence-electron chi connectivity index (χ3n) is 4.31. The molecule has 0 spiro atoms. The highest BCUT2D eigenvalue weighted by atomic mass is 14.9. The molecular formula is C19H26N+. The first-order valence-electron chi connectivity index (χ1n) is 8.68. The van der Waals surface area contributed by atoms with E-state index in [9.17, 15) is 0 Å². The summed E-state index contributed by atoms with van der Waals surface area (Å²) in [7, 11) is 1.92. The Labute approximate surface area is 127 Å². The molecular weight excluding hydrogens is 242 g/mol. The minimum Gasteiger partial charge on any atom is -0.201 e. The maximum absolute atomic E-state index is 7.90. The second-order valence-electron chi connectivity index (χ2n) is 6.15. The molecule has 0 saturated heterocycles. The molecule has 0 aliphatic rings. The molecule has 1 heterocycles. The summed E-state index contributed by atoms with van der Waals surface area (Å²) < 4.78 is 25.6. The first kappa shape index (κ1) is 11.1. The number of aryl methyl sites for hydroxylation is 3. The summed E-state index contributed by atoms with van der Waals surface area (Å²) >= 11 is 0. The van der Waals surface area contributed by atoms with Crippen LogP contribution in [0.1, 0.15) is 48.0 Å². The molecule has 0 aliphatic carbocycles. The molecule has 0 unspecified atom stereocenters. The van der Waals surface area contributed by atoms with Gasteiger partial charge in [-0.15, -0.1) is 0 Å². The van der Waals surface area contributed by atoms with Crippen LogP contribution in [0.4, 0.5) is 0 Å². The first-order chi connectivity index (χ1) is 10.6. The van der Waals surface area contributed by atoms with Crippen LogP contribution in [0.5, 0.6) is 0 Å². The molecule has 0 N–H and O–H groups in total. The summed E-state index contributed by atoms with van der Waals surface area (Å²) in [4.78, 5) is 0. The SMILES string of the molecule is [2H]C([2H])([2H])c1c[n+](C)c(-c2ccccc2C)cc1C(C)(C)CC. The van der Waals surface area contributed by atoms with Crippen LogP contribution in [0, 0.1) is 13.8 Å². The normalized spacial score (nSPS) is 14.6. The Morgan fingerprint density at radius 2 is 1.90 bits per heavy atom. The van der Waals surface area contributed by atoms with Crippen LogP contribution in [0.2, 0.25) is 0 Å². The summed E-state index contributed by atoms with van der Waals surface area (Å²) in [5.41, 5.74) is 4.55. The molecule has 0 aliphatic heterocycles. The van der Waals surface area contributed by atoms with E-state index in [1.807, 2.05) is 23.7 Å². The molecule has 0 bridgehead atoms. The van der Waals surface area contributed by atoms with Crippen molar-refractivity contribution < 1.29 is 8.68 Å². The van der Waals surface area contributed by atoms with Crippen LogP contribution in [0.15, 0.2) is 36.5 Å². The van der Waals surface area contributed by atoms with Crippen LogP contribution in [-0.2, 0) is 12.5 Å². The fourth-order valence-corrected chi connectivity index (χ4v) is 2.53. The molecule has 2 rings (SSSR count). The van der Waals surface area contributed by atoms with E-state index in [1.165, 1.54) is 5.56 Å². The molecule has 1 aromatic heterocycles. The fourth-order valence-electron chi connectivity index (χ4n) is 2.53. The van der Waals surface area contributed by atoms with Crippen molar-refractivity contribution in [2.24, 2.45) is 7.05 Å². The van der Waals surface area contributed by atoms with Gasteiger partial charge in [0.25, 0.3) is 0 Å². The molecule has 0 fully saturated rings. The van der Waals surface area contributed by atoms with Crippen LogP contribution < -0.4 is 4.57 Å². The first-order valence-corrected chi connectivity index (χ1v) is 7.18. The Morgan fingerprint density at radius 3 is 2.50 bits per heavy atom. The van der Waals surface area contributed by atoms with Gasteiger partial charge < -0.3 is 0 Å². The quantitative estimate of drug-likeness (QED) is 0.725. The second kappa shape index (κ2) is 5.40. The van der Waals surface area contributed by atoms with Crippen LogP contribution >= 0.6 is 0 Å². The standard InChI is InChI=1S/C19H26N/c1-7-19(4,5)17-12-18(20(6)13-15(17)3)16-11-9-8-10-14(16)2/h8-13H,7H2,1-6H3/q+1/i3D3. The Morgan fingerprint density at radius 1 is 1.20 bits per heavy atom. The van der Waals surface area contributed by atoms with E-state index in [1.54, 1.807) is 6.20 Å². The van der Waals surface area contributed by atoms with E-state index in [0.717, 1.165) is 23.2 Å². The van der Waals surface area contributed by atoms with Gasteiger partial charge in [0.1, 0.15) is 7.05 Å². The number of nitrogens with zero attached hydrogens (tertiary/aromatic N) is 1. The highest BCUT2D eigenvalue weighted by Gasteiger charge is 2.25. The molecule has 0 saturated carbocycles. The fraction of sp³-hybridized carbons (Fsp3) is 0.421. The topological polar surface area (TPSA) is 3.88 Å². The van der Waals surface area contributed by atoms with Crippen molar-refractivity contribution in [3.63, 3.8) is 0 Å². The largest absolute Gasteiger partial charge is 0.212 e. The Balaban J connectivity index is 2.79. The van der Waals surface area contributed by atoms with Gasteiger partial charge >= 0.3 is 0 Å². The average Bonchev–Trinajstić information content (AvgIpc) is 2.46. The van der Waals surface area contributed by atoms with Crippen molar-refractivity contribution in [3.8, 4) is 11.3 Å². The van der Waals surface area contributed by atoms with Crippen LogP contribution in [0.3, 0.4) is 0 Å². The summed E-state index contributed by atoms with van der Waals surface area (Å²) in [6.07, 6.45) is 2.67. The van der Waals surface area contributed by atoms with E-state index in [-0.39, 0.29) is 5.41 Å². The third kappa shape index (κ3) is 2.63. The van der Waals surface area contributed by atoms with E-state index in [4.69, 9.17) is 4.11 Å². The van der Waals surface area contributed by atoms with Gasteiger partial charge in [0.2, 0.25) is 5.69 Å². The summed E-state index contributed by atoms with van der Waals surface area (Å²) in [5.74, 6) is 0. The molecule has 20 heavy (non-hydrogen) atoms. The van der Waals surface area contributed by atoms with Crippen molar-refractivity contribution in [2.75, 3.05) is 0 Å². The van der Waals surface area contributed by atoms with Gasteiger partial charge in [0.15, 0.2) is 6.20 Å². The number of hydrogen-bond acceptors (Lipinski definition) is 0. The van der Waals surface area contributed by atoms with Gasteiger partial charge in [-0.3, -0.25) is 0 Å². The molecule has 106 valence electrons. The number of rotatable bonds is 3. The van der Waals surface area contributed by atoms with Crippen LogP contribution in [0.25, 0.3) is 11.3 Å². The van der Waals surface area contributed by atoms with Crippen molar-refractivity contribution in [1.82, 2.24) is 0 Å². The molecule has 1 aromatic carbocycles. The lowest BCUT2D eigenvalue weighted by molar-refractivity contribution is -0.660. The van der Waals surface area contributed by atoms with Gasteiger partial charge in [-0.05, 0) is 42.8 Å². The molecule has 0 radical (unpaired) electrons. The molecule has 1 nitrogen and oxygen atoms in total. The van der Waals surface area contributed by atoms with Crippen molar-refractivity contribution in [1.29, 1.82) is 0 Å². The van der Waals surface area contributed by atoms with Gasteiger partial charge in [-0.2, -0.15) is 0 Å². The maximum atomic E-state index is 7.90. The molecule has 1 heteroatoms. The van der Waals surface area contributed by atoms with Crippen LogP contribution in [-0.4, -0.2) is 0 Å². The number of pyridine rings is 1. The van der Waals surface area contributed by atoms with E-state index >= 15 is 0 Å². The smallest absolute Gasteiger partial charge is 0.201 e. The predicted octanol–water partition coefficient (Wildman–Crippen LogP) is 4.48. The lowest BCUT2D eigenvalue weighted by atomic mass is 9.80. The summed E-state index contributed by atoms with van der Waals surface area (Å²) in [6, 6.07) is 10.3. The van der Waals surface area contributed by atoms with Gasteiger partial charge in [0.05, 0.1) is 0 Å². The maximum Gasteiger partial charge on any atom is 0.212 e. The lowest BCUT2D eigenvalue weighted by Gasteiger charge is -2.25. The minimum absolute atomic E-state index is 0.185. The summed E-state index contributed by atoms with van der Waals surface area (Å²) in [6.45, 7) is 6.30. The number of aromatic nitrogens is 1. The van der Waals surface area contributed by atoms with E-state index in [2.05, 4.69) is 45.9 Å². The lowest BCUT2D eigenvalue weighted by Crippen LogP contribution is -2.33. The monoisotopic (exact) mass is 271 g/mol. The third-order valence-corrected chi connectivity index (χ3v) is 4.31. The number of benzene rings is 1. The Hall–Kier alpha value is -1.63. The summed E-state index contributed by atoms with van der Waals surface area (Å²) in [5, 5.41) is 0. The Kier molecular flexibility index (Phi) is 2.99. The van der Waals surface area contributed by atoms with Crippen molar-refractivity contribution in [3.05, 3.63) is 53.2 Å². The predicted molar refractivity (Wildman–Crippen MR) is 85.8 cm³/mol. The van der Waals surface area contributed by atoms with Gasteiger partial charge in [0, 0.05) is 21.3 Å². The Bertz CT molecular complexity index is 715. The highest BCUT2D eigenvalue weighted by Crippen LogP contribution is 2.31. The van der Waals surface area contributed by atoms with E-state index < -0.39 is 6.85 Å². The van der Waals surface area contributed by atoms with Gasteiger partial charge in [-0.25, -0.2) is 4.57 Å². The average molecular weight is 271 g/mol. The zero-order valence-electron chi connectivity index (χ0n) is 16.1. The minimum atomic E-state index is -2.11.